The molecule has 8 heteroatoms. The van der Waals surface area contributed by atoms with Crippen molar-refractivity contribution < 1.29 is 9.53 Å². The highest BCUT2D eigenvalue weighted by atomic mass is 35.5. The van der Waals surface area contributed by atoms with Crippen LogP contribution in [0.15, 0.2) is 60.8 Å². The Balaban J connectivity index is 1.31. The van der Waals surface area contributed by atoms with Crippen molar-refractivity contribution in [2.45, 2.75) is 6.73 Å². The van der Waals surface area contributed by atoms with E-state index in [2.05, 4.69) is 10.00 Å². The molecule has 1 amide bonds. The monoisotopic (exact) mass is 430 g/mol. The average Bonchev–Trinajstić information content (AvgIpc) is 3.22. The predicted octanol–water partition coefficient (Wildman–Crippen LogP) is 4.19. The first-order valence-electron chi connectivity index (χ1n) is 9.30. The molecule has 0 bridgehead atoms. The smallest absolute Gasteiger partial charge is 0.274 e. The zero-order chi connectivity index (χ0) is 20.2. The fourth-order valence-electron chi connectivity index (χ4n) is 3.23. The van der Waals surface area contributed by atoms with E-state index >= 15 is 0 Å². The van der Waals surface area contributed by atoms with E-state index in [1.807, 2.05) is 41.3 Å². The van der Waals surface area contributed by atoms with E-state index in [9.17, 15) is 4.79 Å². The Morgan fingerprint density at radius 3 is 2.45 bits per heavy atom. The molecule has 0 spiro atoms. The molecule has 4 rings (SSSR count). The molecule has 1 saturated heterocycles. The SMILES string of the molecule is O=C(c1ccn(COc2cccc(Cl)c2)n1)N1CCN(c2ccc(Cl)cc2)CC1. The van der Waals surface area contributed by atoms with Gasteiger partial charge in [0.2, 0.25) is 0 Å². The molecule has 1 aliphatic rings. The summed E-state index contributed by atoms with van der Waals surface area (Å²) in [5, 5.41) is 5.68. The van der Waals surface area contributed by atoms with Crippen LogP contribution in [0.5, 0.6) is 5.75 Å². The maximum Gasteiger partial charge on any atom is 0.274 e. The second kappa shape index (κ2) is 8.76. The summed E-state index contributed by atoms with van der Waals surface area (Å²) in [7, 11) is 0. The predicted molar refractivity (Wildman–Crippen MR) is 114 cm³/mol. The van der Waals surface area contributed by atoms with E-state index in [-0.39, 0.29) is 12.6 Å². The highest BCUT2D eigenvalue weighted by Crippen LogP contribution is 2.20. The minimum atomic E-state index is -0.0674. The van der Waals surface area contributed by atoms with Gasteiger partial charge in [0.1, 0.15) is 5.75 Å². The molecule has 3 aromatic rings. The fourth-order valence-corrected chi connectivity index (χ4v) is 3.53. The number of anilines is 1. The summed E-state index contributed by atoms with van der Waals surface area (Å²) in [5.41, 5.74) is 1.53. The lowest BCUT2D eigenvalue weighted by atomic mass is 10.2. The Hall–Kier alpha value is -2.70. The van der Waals surface area contributed by atoms with Crippen LogP contribution in [0.25, 0.3) is 0 Å². The molecule has 0 atom stereocenters. The Labute approximate surface area is 179 Å². The van der Waals surface area contributed by atoms with Gasteiger partial charge in [-0.1, -0.05) is 29.3 Å². The number of ether oxygens (including phenoxy) is 1. The molecule has 6 nitrogen and oxygen atoms in total. The van der Waals surface area contributed by atoms with Gasteiger partial charge in [0.15, 0.2) is 12.4 Å². The molecule has 0 saturated carbocycles. The van der Waals surface area contributed by atoms with Gasteiger partial charge in [-0.3, -0.25) is 4.79 Å². The van der Waals surface area contributed by atoms with Crippen LogP contribution in [0.1, 0.15) is 10.5 Å². The highest BCUT2D eigenvalue weighted by Gasteiger charge is 2.23. The quantitative estimate of drug-likeness (QED) is 0.608. The van der Waals surface area contributed by atoms with Gasteiger partial charge in [0.25, 0.3) is 5.91 Å². The molecule has 29 heavy (non-hydrogen) atoms. The standard InChI is InChI=1S/C21H20Cl2N4O2/c22-16-4-6-18(7-5-16)25-10-12-26(13-11-25)21(28)20-8-9-27(24-20)15-29-19-3-1-2-17(23)14-19/h1-9,14H,10-13,15H2. The van der Waals surface area contributed by atoms with Crippen molar-refractivity contribution >= 4 is 34.8 Å². The van der Waals surface area contributed by atoms with Crippen LogP contribution in [-0.2, 0) is 6.73 Å². The number of carbonyl (C=O) groups is 1. The van der Waals surface area contributed by atoms with Gasteiger partial charge in [-0.05, 0) is 48.5 Å². The Bertz CT molecular complexity index is 982. The minimum absolute atomic E-state index is 0.0674. The van der Waals surface area contributed by atoms with Gasteiger partial charge in [0, 0.05) is 48.1 Å². The van der Waals surface area contributed by atoms with Crippen LogP contribution in [0.4, 0.5) is 5.69 Å². The number of hydrogen-bond acceptors (Lipinski definition) is 4. The van der Waals surface area contributed by atoms with Crippen LogP contribution < -0.4 is 9.64 Å². The third kappa shape index (κ3) is 4.83. The molecule has 0 aliphatic carbocycles. The molecular weight excluding hydrogens is 411 g/mol. The van der Waals surface area contributed by atoms with Crippen molar-refractivity contribution in [3.05, 3.63) is 76.5 Å². The summed E-state index contributed by atoms with van der Waals surface area (Å²) in [6.07, 6.45) is 1.74. The second-order valence-corrected chi connectivity index (χ2v) is 7.60. The van der Waals surface area contributed by atoms with Crippen LogP contribution in [0.3, 0.4) is 0 Å². The van der Waals surface area contributed by atoms with Gasteiger partial charge in [-0.25, -0.2) is 4.68 Å². The van der Waals surface area contributed by atoms with E-state index in [1.165, 1.54) is 0 Å². The van der Waals surface area contributed by atoms with Crippen LogP contribution >= 0.6 is 23.2 Å². The first-order chi connectivity index (χ1) is 14.1. The second-order valence-electron chi connectivity index (χ2n) is 6.73. The van der Waals surface area contributed by atoms with Crippen molar-refractivity contribution in [1.82, 2.24) is 14.7 Å². The number of benzene rings is 2. The van der Waals surface area contributed by atoms with Crippen LogP contribution in [-0.4, -0.2) is 46.8 Å². The summed E-state index contributed by atoms with van der Waals surface area (Å²) < 4.78 is 7.25. The van der Waals surface area contributed by atoms with Crippen molar-refractivity contribution in [2.75, 3.05) is 31.1 Å². The maximum atomic E-state index is 12.8. The van der Waals surface area contributed by atoms with Gasteiger partial charge in [-0.2, -0.15) is 5.10 Å². The summed E-state index contributed by atoms with van der Waals surface area (Å²) in [6.45, 7) is 3.04. The lowest BCUT2D eigenvalue weighted by Gasteiger charge is -2.35. The number of hydrogen-bond donors (Lipinski definition) is 0. The number of piperazine rings is 1. The molecule has 0 N–H and O–H groups in total. The van der Waals surface area contributed by atoms with E-state index in [1.54, 1.807) is 29.1 Å². The number of halogens is 2. The molecule has 2 aromatic carbocycles. The minimum Gasteiger partial charge on any atom is -0.471 e. The summed E-state index contributed by atoms with van der Waals surface area (Å²) in [4.78, 5) is 16.9. The van der Waals surface area contributed by atoms with E-state index in [0.717, 1.165) is 23.8 Å². The van der Waals surface area contributed by atoms with E-state index in [4.69, 9.17) is 27.9 Å². The van der Waals surface area contributed by atoms with Crippen molar-refractivity contribution in [3.63, 3.8) is 0 Å². The average molecular weight is 431 g/mol. The summed E-state index contributed by atoms with van der Waals surface area (Å²) in [6, 6.07) is 16.6. The molecule has 2 heterocycles. The largest absolute Gasteiger partial charge is 0.471 e. The van der Waals surface area contributed by atoms with Crippen molar-refractivity contribution in [3.8, 4) is 5.75 Å². The lowest BCUT2D eigenvalue weighted by Crippen LogP contribution is -2.48. The molecule has 0 radical (unpaired) electrons. The molecule has 150 valence electrons. The molecule has 1 fully saturated rings. The number of aromatic nitrogens is 2. The van der Waals surface area contributed by atoms with Crippen LogP contribution in [0, 0.1) is 0 Å². The first kappa shape index (κ1) is 19.6. The Morgan fingerprint density at radius 1 is 0.966 bits per heavy atom. The van der Waals surface area contributed by atoms with Crippen molar-refractivity contribution in [2.24, 2.45) is 0 Å². The Morgan fingerprint density at radius 2 is 1.72 bits per heavy atom. The topological polar surface area (TPSA) is 50.6 Å². The molecule has 1 aliphatic heterocycles. The van der Waals surface area contributed by atoms with Gasteiger partial charge >= 0.3 is 0 Å². The number of nitrogens with zero attached hydrogens (tertiary/aromatic N) is 4. The van der Waals surface area contributed by atoms with Crippen LogP contribution in [0.2, 0.25) is 10.0 Å². The molecular formula is C21H20Cl2N4O2. The summed E-state index contributed by atoms with van der Waals surface area (Å²) in [5.74, 6) is 0.585. The number of rotatable bonds is 5. The molecule has 0 unspecified atom stereocenters. The van der Waals surface area contributed by atoms with E-state index < -0.39 is 0 Å². The highest BCUT2D eigenvalue weighted by molar-refractivity contribution is 6.30. The normalized spacial score (nSPS) is 14.1. The third-order valence-corrected chi connectivity index (χ3v) is 5.27. The zero-order valence-corrected chi connectivity index (χ0v) is 17.2. The first-order valence-corrected chi connectivity index (χ1v) is 10.1. The molecule has 1 aromatic heterocycles. The van der Waals surface area contributed by atoms with Gasteiger partial charge in [0.05, 0.1) is 0 Å². The van der Waals surface area contributed by atoms with Gasteiger partial charge < -0.3 is 14.5 Å². The lowest BCUT2D eigenvalue weighted by molar-refractivity contribution is 0.0738. The number of carbonyl (C=O) groups excluding carboxylic acids is 1. The van der Waals surface area contributed by atoms with Gasteiger partial charge in [-0.15, -0.1) is 0 Å². The maximum absolute atomic E-state index is 12.8. The van der Waals surface area contributed by atoms with Crippen molar-refractivity contribution in [1.29, 1.82) is 0 Å². The van der Waals surface area contributed by atoms with E-state index in [0.29, 0.717) is 29.6 Å². The Kier molecular flexibility index (Phi) is 5.92. The zero-order valence-electron chi connectivity index (χ0n) is 15.7. The third-order valence-electron chi connectivity index (χ3n) is 4.78. The fraction of sp³-hybridized carbons (Fsp3) is 0.238. The number of amides is 1. The summed E-state index contributed by atoms with van der Waals surface area (Å²) >= 11 is 11.9.